The van der Waals surface area contributed by atoms with Crippen LogP contribution in [-0.2, 0) is 0 Å². The first-order valence-electron chi connectivity index (χ1n) is 5.51. The number of aliphatic hydroxyl groups excluding tert-OH is 1. The molecule has 96 valence electrons. The van der Waals surface area contributed by atoms with Gasteiger partial charge in [0.05, 0.1) is 17.7 Å². The first-order valence-corrected chi connectivity index (χ1v) is 5.51. The third kappa shape index (κ3) is 4.41. The van der Waals surface area contributed by atoms with Gasteiger partial charge in [0.1, 0.15) is 0 Å². The van der Waals surface area contributed by atoms with Gasteiger partial charge in [-0.25, -0.2) is 4.79 Å². The average molecular weight is 248 g/mol. The van der Waals surface area contributed by atoms with Crippen molar-refractivity contribution >= 4 is 11.7 Å². The Morgan fingerprint density at radius 1 is 1.50 bits per heavy atom. The molecule has 5 N–H and O–H groups in total. The summed E-state index contributed by atoms with van der Waals surface area (Å²) in [4.78, 5) is 11.5. The highest BCUT2D eigenvalue weighted by molar-refractivity contribution is 5.89. The summed E-state index contributed by atoms with van der Waals surface area (Å²) in [6.45, 7) is 1.74. The SMILES string of the molecule is CC(O)C(N)CNC(=O)Nc1ccc(C#N)cc1. The Balaban J connectivity index is 2.42. The van der Waals surface area contributed by atoms with Crippen LogP contribution in [0.1, 0.15) is 12.5 Å². The molecule has 1 aromatic rings. The van der Waals surface area contributed by atoms with E-state index in [-0.39, 0.29) is 6.54 Å². The van der Waals surface area contributed by atoms with E-state index in [0.29, 0.717) is 11.3 Å². The number of amides is 2. The molecule has 2 unspecified atom stereocenters. The second-order valence-electron chi connectivity index (χ2n) is 3.93. The van der Waals surface area contributed by atoms with Crippen LogP contribution in [0.15, 0.2) is 24.3 Å². The number of urea groups is 1. The molecule has 0 heterocycles. The first kappa shape index (κ1) is 14.0. The van der Waals surface area contributed by atoms with E-state index in [2.05, 4.69) is 10.6 Å². The van der Waals surface area contributed by atoms with Gasteiger partial charge in [0.2, 0.25) is 0 Å². The number of rotatable bonds is 4. The number of carbonyl (C=O) groups is 1. The zero-order valence-electron chi connectivity index (χ0n) is 10.1. The van der Waals surface area contributed by atoms with E-state index in [9.17, 15) is 4.79 Å². The predicted molar refractivity (Wildman–Crippen MR) is 67.8 cm³/mol. The van der Waals surface area contributed by atoms with Crippen LogP contribution in [0.5, 0.6) is 0 Å². The Bertz CT molecular complexity index is 436. The second kappa shape index (κ2) is 6.59. The number of benzene rings is 1. The fourth-order valence-corrected chi connectivity index (χ4v) is 1.18. The van der Waals surface area contributed by atoms with Crippen molar-refractivity contribution in [3.05, 3.63) is 29.8 Å². The van der Waals surface area contributed by atoms with Crippen molar-refractivity contribution < 1.29 is 9.90 Å². The summed E-state index contributed by atoms with van der Waals surface area (Å²) < 4.78 is 0. The number of anilines is 1. The van der Waals surface area contributed by atoms with Crippen LogP contribution in [-0.4, -0.2) is 29.8 Å². The molecule has 0 saturated carbocycles. The quantitative estimate of drug-likeness (QED) is 0.617. The number of nitriles is 1. The van der Waals surface area contributed by atoms with Gasteiger partial charge < -0.3 is 21.5 Å². The topological polar surface area (TPSA) is 111 Å². The number of hydrogen-bond acceptors (Lipinski definition) is 4. The van der Waals surface area contributed by atoms with Crippen molar-refractivity contribution in [2.24, 2.45) is 5.73 Å². The normalized spacial score (nSPS) is 13.2. The van der Waals surface area contributed by atoms with Crippen LogP contribution in [0.25, 0.3) is 0 Å². The second-order valence-corrected chi connectivity index (χ2v) is 3.93. The highest BCUT2D eigenvalue weighted by Gasteiger charge is 2.10. The lowest BCUT2D eigenvalue weighted by atomic mass is 10.2. The van der Waals surface area contributed by atoms with E-state index >= 15 is 0 Å². The van der Waals surface area contributed by atoms with Crippen LogP contribution in [0.4, 0.5) is 10.5 Å². The lowest BCUT2D eigenvalue weighted by molar-refractivity contribution is 0.162. The van der Waals surface area contributed by atoms with E-state index in [0.717, 1.165) is 0 Å². The number of carbonyl (C=O) groups excluding carboxylic acids is 1. The molecule has 0 fully saturated rings. The summed E-state index contributed by atoms with van der Waals surface area (Å²) in [5.74, 6) is 0. The molecule has 0 aliphatic carbocycles. The first-order chi connectivity index (χ1) is 8.52. The molecule has 1 aromatic carbocycles. The van der Waals surface area contributed by atoms with Crippen molar-refractivity contribution in [1.29, 1.82) is 5.26 Å². The molecule has 6 nitrogen and oxygen atoms in total. The van der Waals surface area contributed by atoms with E-state index in [1.807, 2.05) is 6.07 Å². The molecule has 0 saturated heterocycles. The Morgan fingerprint density at radius 3 is 2.61 bits per heavy atom. The number of aliphatic hydroxyl groups is 1. The van der Waals surface area contributed by atoms with E-state index in [1.54, 1.807) is 31.2 Å². The van der Waals surface area contributed by atoms with Crippen molar-refractivity contribution in [2.75, 3.05) is 11.9 Å². The largest absolute Gasteiger partial charge is 0.392 e. The van der Waals surface area contributed by atoms with Crippen molar-refractivity contribution in [3.63, 3.8) is 0 Å². The highest BCUT2D eigenvalue weighted by atomic mass is 16.3. The molecule has 0 aliphatic rings. The number of hydrogen-bond donors (Lipinski definition) is 4. The van der Waals surface area contributed by atoms with Gasteiger partial charge in [-0.15, -0.1) is 0 Å². The summed E-state index contributed by atoms with van der Waals surface area (Å²) in [6.07, 6.45) is -0.680. The van der Waals surface area contributed by atoms with Gasteiger partial charge >= 0.3 is 6.03 Å². The number of nitrogens with one attached hydrogen (secondary N) is 2. The van der Waals surface area contributed by atoms with Crippen molar-refractivity contribution in [1.82, 2.24) is 5.32 Å². The zero-order valence-corrected chi connectivity index (χ0v) is 10.1. The maximum Gasteiger partial charge on any atom is 0.319 e. The highest BCUT2D eigenvalue weighted by Crippen LogP contribution is 2.08. The third-order valence-electron chi connectivity index (χ3n) is 2.39. The molecule has 18 heavy (non-hydrogen) atoms. The maximum absolute atomic E-state index is 11.5. The molecule has 6 heteroatoms. The van der Waals surface area contributed by atoms with E-state index in [4.69, 9.17) is 16.1 Å². The van der Waals surface area contributed by atoms with Crippen LogP contribution in [0.2, 0.25) is 0 Å². The molecule has 0 radical (unpaired) electrons. The number of nitrogens with two attached hydrogens (primary N) is 1. The van der Waals surface area contributed by atoms with Gasteiger partial charge in [0.25, 0.3) is 0 Å². The van der Waals surface area contributed by atoms with Gasteiger partial charge in [-0.3, -0.25) is 0 Å². The summed E-state index contributed by atoms with van der Waals surface area (Å²) in [7, 11) is 0. The monoisotopic (exact) mass is 248 g/mol. The van der Waals surface area contributed by atoms with Gasteiger partial charge in [-0.2, -0.15) is 5.26 Å². The van der Waals surface area contributed by atoms with Crippen LogP contribution in [0.3, 0.4) is 0 Å². The number of nitrogens with zero attached hydrogens (tertiary/aromatic N) is 1. The molecule has 2 atom stereocenters. The van der Waals surface area contributed by atoms with Gasteiger partial charge in [-0.1, -0.05) is 0 Å². The molecule has 0 bridgehead atoms. The van der Waals surface area contributed by atoms with E-state index < -0.39 is 18.2 Å². The smallest absolute Gasteiger partial charge is 0.319 e. The van der Waals surface area contributed by atoms with Gasteiger partial charge in [-0.05, 0) is 31.2 Å². The van der Waals surface area contributed by atoms with Crippen molar-refractivity contribution in [3.8, 4) is 6.07 Å². The summed E-state index contributed by atoms with van der Waals surface area (Å²) in [5, 5.41) is 22.9. The third-order valence-corrected chi connectivity index (χ3v) is 2.39. The van der Waals surface area contributed by atoms with Crippen LogP contribution < -0.4 is 16.4 Å². The zero-order chi connectivity index (χ0) is 13.5. The molecular formula is C12H16N4O2. The summed E-state index contributed by atoms with van der Waals surface area (Å²) in [5.41, 5.74) is 6.67. The fraction of sp³-hybridized carbons (Fsp3) is 0.333. The fourth-order valence-electron chi connectivity index (χ4n) is 1.18. The molecule has 1 rings (SSSR count). The molecule has 0 aromatic heterocycles. The minimum absolute atomic E-state index is 0.180. The van der Waals surface area contributed by atoms with Crippen LogP contribution in [0, 0.1) is 11.3 Å². The van der Waals surface area contributed by atoms with Crippen molar-refractivity contribution in [2.45, 2.75) is 19.1 Å². The van der Waals surface area contributed by atoms with Gasteiger partial charge in [0, 0.05) is 18.3 Å². The minimum Gasteiger partial charge on any atom is -0.392 e. The Labute approximate surface area is 105 Å². The van der Waals surface area contributed by atoms with E-state index in [1.165, 1.54) is 0 Å². The lowest BCUT2D eigenvalue weighted by Crippen LogP contribution is -2.44. The van der Waals surface area contributed by atoms with Crippen LogP contribution >= 0.6 is 0 Å². The lowest BCUT2D eigenvalue weighted by Gasteiger charge is -2.15. The minimum atomic E-state index is -0.680. The predicted octanol–water partition coefficient (Wildman–Crippen LogP) is 0.388. The maximum atomic E-state index is 11.5. The molecular weight excluding hydrogens is 232 g/mol. The molecule has 2 amide bonds. The standard InChI is InChI=1S/C12H16N4O2/c1-8(17)11(14)7-15-12(18)16-10-4-2-9(6-13)3-5-10/h2-5,8,11,17H,7,14H2,1H3,(H2,15,16,18). The molecule has 0 spiro atoms. The molecule has 0 aliphatic heterocycles. The Kier molecular flexibility index (Phi) is 5.11. The Hall–Kier alpha value is -2.10. The summed E-state index contributed by atoms with van der Waals surface area (Å²) in [6, 6.07) is 7.56. The summed E-state index contributed by atoms with van der Waals surface area (Å²) >= 11 is 0. The Morgan fingerprint density at radius 2 is 2.11 bits per heavy atom. The van der Waals surface area contributed by atoms with Gasteiger partial charge in [0.15, 0.2) is 0 Å². The average Bonchev–Trinajstić information content (AvgIpc) is 2.36.